The molecule has 21 heavy (non-hydrogen) atoms. The molecule has 0 aliphatic heterocycles. The normalized spacial score (nSPS) is 11.5. The lowest BCUT2D eigenvalue weighted by molar-refractivity contribution is -0.142. The molecule has 0 saturated carbocycles. The summed E-state index contributed by atoms with van der Waals surface area (Å²) in [6.07, 6.45) is -0.160. The minimum absolute atomic E-state index is 0.160. The van der Waals surface area contributed by atoms with E-state index in [0.717, 1.165) is 0 Å². The summed E-state index contributed by atoms with van der Waals surface area (Å²) in [4.78, 5) is 11.5. The fraction of sp³-hybridized carbons (Fsp3) is 0.267. The maximum Gasteiger partial charge on any atom is 0.306 e. The van der Waals surface area contributed by atoms with Gasteiger partial charge in [-0.25, -0.2) is 8.42 Å². The van der Waals surface area contributed by atoms with Gasteiger partial charge < -0.3 is 4.74 Å². The van der Waals surface area contributed by atoms with Crippen LogP contribution in [-0.2, 0) is 19.4 Å². The number of halogens is 1. The highest BCUT2D eigenvalue weighted by Gasteiger charge is 2.20. The van der Waals surface area contributed by atoms with Crippen LogP contribution in [0.3, 0.4) is 0 Å². The van der Waals surface area contributed by atoms with Gasteiger partial charge in [-0.05, 0) is 19.1 Å². The van der Waals surface area contributed by atoms with Crippen LogP contribution in [0.5, 0.6) is 0 Å². The van der Waals surface area contributed by atoms with Crippen molar-refractivity contribution in [2.45, 2.75) is 18.2 Å². The number of hydrogen-bond donors (Lipinski definition) is 0. The molecule has 0 saturated heterocycles. The molecule has 6 heteroatoms. The first kappa shape index (κ1) is 15.8. The average molecular weight is 327 g/mol. The molecule has 0 N–H and O–H groups in total. The Morgan fingerprint density at radius 3 is 2.48 bits per heavy atom. The lowest BCUT2D eigenvalue weighted by atomic mass is 10.1. The van der Waals surface area contributed by atoms with Crippen molar-refractivity contribution < 1.29 is 17.9 Å². The van der Waals surface area contributed by atoms with Crippen LogP contribution in [-0.4, -0.2) is 26.7 Å². The molecular formula is C15H15ClO4S. The van der Waals surface area contributed by atoms with Crippen molar-refractivity contribution in [3.63, 3.8) is 0 Å². The second kappa shape index (κ2) is 6.45. The molecule has 0 fully saturated rings. The van der Waals surface area contributed by atoms with Crippen LogP contribution < -0.4 is 0 Å². The first-order valence-electron chi connectivity index (χ1n) is 6.51. The third kappa shape index (κ3) is 3.54. The van der Waals surface area contributed by atoms with Gasteiger partial charge in [0.25, 0.3) is 0 Å². The van der Waals surface area contributed by atoms with E-state index < -0.39 is 15.8 Å². The Balaban J connectivity index is 2.37. The van der Waals surface area contributed by atoms with Gasteiger partial charge in [0, 0.05) is 15.8 Å². The van der Waals surface area contributed by atoms with E-state index in [0.29, 0.717) is 15.8 Å². The Kier molecular flexibility index (Phi) is 4.85. The van der Waals surface area contributed by atoms with Crippen molar-refractivity contribution in [2.75, 3.05) is 12.4 Å². The van der Waals surface area contributed by atoms with Gasteiger partial charge in [-0.1, -0.05) is 35.9 Å². The van der Waals surface area contributed by atoms with Gasteiger partial charge in [0.05, 0.1) is 23.7 Å². The summed E-state index contributed by atoms with van der Waals surface area (Å²) in [6.45, 7) is 1.92. The van der Waals surface area contributed by atoms with Crippen LogP contribution in [0.25, 0.3) is 10.8 Å². The summed E-state index contributed by atoms with van der Waals surface area (Å²) < 4.78 is 29.6. The highest BCUT2D eigenvalue weighted by Crippen LogP contribution is 2.29. The lowest BCUT2D eigenvalue weighted by Gasteiger charge is -2.09. The smallest absolute Gasteiger partial charge is 0.306 e. The fourth-order valence-electron chi connectivity index (χ4n) is 2.07. The van der Waals surface area contributed by atoms with Gasteiger partial charge in [0.1, 0.15) is 0 Å². The van der Waals surface area contributed by atoms with Gasteiger partial charge in [0.15, 0.2) is 9.84 Å². The molecule has 2 aromatic rings. The van der Waals surface area contributed by atoms with Crippen molar-refractivity contribution in [2.24, 2.45) is 0 Å². The van der Waals surface area contributed by atoms with Crippen LogP contribution in [0.15, 0.2) is 41.3 Å². The Labute approximate surface area is 128 Å². The monoisotopic (exact) mass is 326 g/mol. The van der Waals surface area contributed by atoms with Crippen LogP contribution >= 0.6 is 11.6 Å². The molecule has 2 aromatic carbocycles. The van der Waals surface area contributed by atoms with Crippen molar-refractivity contribution in [1.82, 2.24) is 0 Å². The van der Waals surface area contributed by atoms with Crippen LogP contribution in [0, 0.1) is 0 Å². The first-order valence-corrected chi connectivity index (χ1v) is 8.54. The number of rotatable bonds is 5. The van der Waals surface area contributed by atoms with Gasteiger partial charge in [-0.2, -0.15) is 0 Å². The summed E-state index contributed by atoms with van der Waals surface area (Å²) >= 11 is 6.08. The van der Waals surface area contributed by atoms with E-state index in [4.69, 9.17) is 16.3 Å². The Morgan fingerprint density at radius 2 is 1.81 bits per heavy atom. The van der Waals surface area contributed by atoms with Crippen molar-refractivity contribution >= 4 is 38.2 Å². The quantitative estimate of drug-likeness (QED) is 0.791. The van der Waals surface area contributed by atoms with Gasteiger partial charge in [-0.3, -0.25) is 4.79 Å². The van der Waals surface area contributed by atoms with E-state index in [9.17, 15) is 13.2 Å². The van der Waals surface area contributed by atoms with Gasteiger partial charge in [-0.15, -0.1) is 0 Å². The zero-order chi connectivity index (χ0) is 15.5. The fourth-order valence-corrected chi connectivity index (χ4v) is 3.74. The molecule has 4 nitrogen and oxygen atoms in total. The van der Waals surface area contributed by atoms with Crippen molar-refractivity contribution in [3.8, 4) is 0 Å². The van der Waals surface area contributed by atoms with E-state index >= 15 is 0 Å². The molecule has 0 heterocycles. The molecule has 2 rings (SSSR count). The summed E-state index contributed by atoms with van der Waals surface area (Å²) in [6, 6.07) is 10.1. The number of fused-ring (bicyclic) bond motifs is 1. The summed E-state index contributed by atoms with van der Waals surface area (Å²) in [5.74, 6) is -0.795. The highest BCUT2D eigenvalue weighted by atomic mass is 35.5. The molecule has 0 atom stereocenters. The average Bonchev–Trinajstić information content (AvgIpc) is 2.46. The van der Waals surface area contributed by atoms with E-state index in [2.05, 4.69) is 0 Å². The Morgan fingerprint density at radius 1 is 1.14 bits per heavy atom. The molecular weight excluding hydrogens is 312 g/mol. The molecule has 0 amide bonds. The van der Waals surface area contributed by atoms with E-state index in [1.807, 2.05) is 0 Å². The number of benzene rings is 2. The molecule has 0 spiro atoms. The zero-order valence-electron chi connectivity index (χ0n) is 11.5. The summed E-state index contributed by atoms with van der Waals surface area (Å²) in [5, 5.41) is 1.74. The lowest BCUT2D eigenvalue weighted by Crippen LogP contribution is -2.13. The minimum atomic E-state index is -3.58. The standard InChI is InChI=1S/C15H15ClO4S/c1-2-20-15(17)9-10-21(18,19)14-8-7-13(16)11-5-3-4-6-12(11)14/h3-8H,2,9-10H2,1H3. The van der Waals surface area contributed by atoms with Crippen molar-refractivity contribution in [1.29, 1.82) is 0 Å². The number of sulfone groups is 1. The highest BCUT2D eigenvalue weighted by molar-refractivity contribution is 7.91. The maximum atomic E-state index is 12.4. The van der Waals surface area contributed by atoms with Crippen LogP contribution in [0.1, 0.15) is 13.3 Å². The Bertz CT molecular complexity index is 768. The topological polar surface area (TPSA) is 60.4 Å². The van der Waals surface area contributed by atoms with Crippen LogP contribution in [0.2, 0.25) is 5.02 Å². The number of esters is 1. The molecule has 0 unspecified atom stereocenters. The number of ether oxygens (including phenoxy) is 1. The molecule has 0 bridgehead atoms. The van der Waals surface area contributed by atoms with Gasteiger partial charge >= 0.3 is 5.97 Å². The first-order chi connectivity index (χ1) is 9.95. The largest absolute Gasteiger partial charge is 0.466 e. The van der Waals surface area contributed by atoms with Crippen molar-refractivity contribution in [3.05, 3.63) is 41.4 Å². The number of hydrogen-bond acceptors (Lipinski definition) is 4. The van der Waals surface area contributed by atoms with Gasteiger partial charge in [0.2, 0.25) is 0 Å². The van der Waals surface area contributed by atoms with E-state index in [1.165, 1.54) is 6.07 Å². The second-order valence-corrected chi connectivity index (χ2v) is 6.95. The third-order valence-corrected chi connectivity index (χ3v) is 5.14. The molecule has 0 radical (unpaired) electrons. The predicted molar refractivity (Wildman–Crippen MR) is 82.3 cm³/mol. The maximum absolute atomic E-state index is 12.4. The predicted octanol–water partition coefficient (Wildman–Crippen LogP) is 3.22. The van der Waals surface area contributed by atoms with Crippen LogP contribution in [0.4, 0.5) is 0 Å². The zero-order valence-corrected chi connectivity index (χ0v) is 13.1. The number of carbonyl (C=O) groups is 1. The Hall–Kier alpha value is -1.59. The third-order valence-electron chi connectivity index (χ3n) is 3.05. The molecule has 0 aliphatic rings. The SMILES string of the molecule is CCOC(=O)CCS(=O)(=O)c1ccc(Cl)c2ccccc12. The molecule has 112 valence electrons. The number of carbonyl (C=O) groups excluding carboxylic acids is 1. The minimum Gasteiger partial charge on any atom is -0.466 e. The second-order valence-electron chi connectivity index (χ2n) is 4.46. The van der Waals surface area contributed by atoms with E-state index in [1.54, 1.807) is 37.3 Å². The molecule has 0 aliphatic carbocycles. The summed E-state index contributed by atoms with van der Waals surface area (Å²) in [7, 11) is -3.58. The van der Waals surface area contributed by atoms with E-state index in [-0.39, 0.29) is 23.7 Å². The summed E-state index contributed by atoms with van der Waals surface area (Å²) in [5.41, 5.74) is 0. The molecule has 0 aromatic heterocycles.